The van der Waals surface area contributed by atoms with Gasteiger partial charge in [0.15, 0.2) is 5.76 Å². The topological polar surface area (TPSA) is 84.2 Å². The number of nitrogens with zero attached hydrogens (tertiary/aromatic N) is 1. The minimum absolute atomic E-state index is 0.00666. The molecule has 6 heteroatoms. The highest BCUT2D eigenvalue weighted by molar-refractivity contribution is 5.97. The lowest BCUT2D eigenvalue weighted by molar-refractivity contribution is -0.126. The first-order valence-electron chi connectivity index (χ1n) is 7.57. The van der Waals surface area contributed by atoms with E-state index in [4.69, 9.17) is 4.52 Å². The Bertz CT molecular complexity index is 516. The van der Waals surface area contributed by atoms with Gasteiger partial charge >= 0.3 is 0 Å². The van der Waals surface area contributed by atoms with Gasteiger partial charge in [-0.3, -0.25) is 20.4 Å². The maximum atomic E-state index is 12.2. The van der Waals surface area contributed by atoms with Crippen LogP contribution in [0.15, 0.2) is 4.52 Å². The Balaban J connectivity index is 1.95. The van der Waals surface area contributed by atoms with Crippen LogP contribution in [0.2, 0.25) is 0 Å². The summed E-state index contributed by atoms with van der Waals surface area (Å²) >= 11 is 0. The van der Waals surface area contributed by atoms with E-state index >= 15 is 0 Å². The summed E-state index contributed by atoms with van der Waals surface area (Å²) in [6.45, 7) is 5.57. The molecule has 0 aromatic carbocycles. The van der Waals surface area contributed by atoms with Crippen molar-refractivity contribution in [2.45, 2.75) is 58.8 Å². The van der Waals surface area contributed by atoms with E-state index in [1.54, 1.807) is 6.92 Å². The highest BCUT2D eigenvalue weighted by Gasteiger charge is 2.25. The van der Waals surface area contributed by atoms with Crippen molar-refractivity contribution in [2.24, 2.45) is 5.92 Å². The number of rotatable bonds is 3. The molecule has 2 N–H and O–H groups in total. The third-order valence-corrected chi connectivity index (χ3v) is 3.92. The average molecular weight is 293 g/mol. The van der Waals surface area contributed by atoms with E-state index in [-0.39, 0.29) is 23.7 Å². The molecule has 2 rings (SSSR count). The van der Waals surface area contributed by atoms with Gasteiger partial charge in [-0.1, -0.05) is 38.3 Å². The summed E-state index contributed by atoms with van der Waals surface area (Å²) in [5.41, 5.74) is 5.95. The van der Waals surface area contributed by atoms with Crippen molar-refractivity contribution in [1.82, 2.24) is 16.0 Å². The van der Waals surface area contributed by atoms with Gasteiger partial charge in [0.2, 0.25) is 5.91 Å². The zero-order chi connectivity index (χ0) is 15.4. The van der Waals surface area contributed by atoms with Crippen LogP contribution in [0.1, 0.15) is 73.7 Å². The average Bonchev–Trinajstić information content (AvgIpc) is 2.87. The SMILES string of the molecule is Cc1noc(C(C)C)c1C(=O)NNC(=O)C1CCCCC1. The molecule has 21 heavy (non-hydrogen) atoms. The molecule has 6 nitrogen and oxygen atoms in total. The lowest BCUT2D eigenvalue weighted by Gasteiger charge is -2.20. The Kier molecular flexibility index (Phi) is 4.98. The number of hydrogen-bond donors (Lipinski definition) is 2. The van der Waals surface area contributed by atoms with Crippen LogP contribution in [-0.2, 0) is 4.79 Å². The number of amides is 2. The lowest BCUT2D eigenvalue weighted by Crippen LogP contribution is -2.45. The molecule has 0 saturated heterocycles. The third-order valence-electron chi connectivity index (χ3n) is 3.92. The molecule has 1 aromatic rings. The molecule has 1 heterocycles. The second-order valence-electron chi connectivity index (χ2n) is 5.94. The van der Waals surface area contributed by atoms with Crippen LogP contribution >= 0.6 is 0 Å². The Morgan fingerprint density at radius 3 is 2.48 bits per heavy atom. The van der Waals surface area contributed by atoms with Crippen molar-refractivity contribution < 1.29 is 14.1 Å². The summed E-state index contributed by atoms with van der Waals surface area (Å²) in [7, 11) is 0. The molecule has 1 aliphatic rings. The molecule has 0 unspecified atom stereocenters. The van der Waals surface area contributed by atoms with Crippen LogP contribution < -0.4 is 10.9 Å². The molecular weight excluding hydrogens is 270 g/mol. The summed E-state index contributed by atoms with van der Waals surface area (Å²) in [6, 6.07) is 0. The lowest BCUT2D eigenvalue weighted by atomic mass is 9.89. The van der Waals surface area contributed by atoms with Crippen molar-refractivity contribution >= 4 is 11.8 Å². The molecule has 0 bridgehead atoms. The fourth-order valence-corrected chi connectivity index (χ4v) is 2.71. The van der Waals surface area contributed by atoms with Gasteiger partial charge in [0.1, 0.15) is 5.56 Å². The minimum atomic E-state index is -0.374. The van der Waals surface area contributed by atoms with E-state index in [1.807, 2.05) is 13.8 Å². The standard InChI is InChI=1S/C15H23N3O3/c1-9(2)13-12(10(3)18-21-13)15(20)17-16-14(19)11-7-5-4-6-8-11/h9,11H,4-8H2,1-3H3,(H,16,19)(H,17,20). The number of nitrogens with one attached hydrogen (secondary N) is 2. The second-order valence-corrected chi connectivity index (χ2v) is 5.94. The van der Waals surface area contributed by atoms with E-state index in [0.29, 0.717) is 17.0 Å². The summed E-state index contributed by atoms with van der Waals surface area (Å²) < 4.78 is 5.18. The van der Waals surface area contributed by atoms with E-state index in [1.165, 1.54) is 6.42 Å². The summed E-state index contributed by atoms with van der Waals surface area (Å²) in [4.78, 5) is 24.2. The zero-order valence-corrected chi connectivity index (χ0v) is 12.9. The molecule has 0 spiro atoms. The third kappa shape index (κ3) is 3.62. The van der Waals surface area contributed by atoms with Crippen LogP contribution in [0.25, 0.3) is 0 Å². The summed E-state index contributed by atoms with van der Waals surface area (Å²) in [5, 5.41) is 3.83. The highest BCUT2D eigenvalue weighted by Crippen LogP contribution is 2.24. The fraction of sp³-hybridized carbons (Fsp3) is 0.667. The normalized spacial score (nSPS) is 16.0. The van der Waals surface area contributed by atoms with Crippen LogP contribution in [0.4, 0.5) is 0 Å². The molecule has 1 saturated carbocycles. The number of aromatic nitrogens is 1. The van der Waals surface area contributed by atoms with Crippen LogP contribution in [0.3, 0.4) is 0 Å². The molecule has 0 aliphatic heterocycles. The van der Waals surface area contributed by atoms with Gasteiger partial charge in [-0.2, -0.15) is 0 Å². The van der Waals surface area contributed by atoms with Crippen LogP contribution in [0.5, 0.6) is 0 Å². The predicted molar refractivity (Wildman–Crippen MR) is 77.5 cm³/mol. The molecule has 1 fully saturated rings. The van der Waals surface area contributed by atoms with Crippen molar-refractivity contribution in [1.29, 1.82) is 0 Å². The Hall–Kier alpha value is -1.85. The predicted octanol–water partition coefficient (Wildman–Crippen LogP) is 2.45. The van der Waals surface area contributed by atoms with Gasteiger partial charge in [-0.05, 0) is 19.8 Å². The van der Waals surface area contributed by atoms with E-state index < -0.39 is 0 Å². The molecule has 0 atom stereocenters. The Labute approximate surface area is 124 Å². The Morgan fingerprint density at radius 1 is 1.19 bits per heavy atom. The molecule has 1 aromatic heterocycles. The number of hydrogen-bond acceptors (Lipinski definition) is 4. The zero-order valence-electron chi connectivity index (χ0n) is 12.9. The second kappa shape index (κ2) is 6.74. The van der Waals surface area contributed by atoms with Crippen molar-refractivity contribution in [3.63, 3.8) is 0 Å². The summed E-state index contributed by atoms with van der Waals surface area (Å²) in [5.74, 6) is 0.120. The van der Waals surface area contributed by atoms with Gasteiger partial charge < -0.3 is 4.52 Å². The number of hydrazine groups is 1. The maximum Gasteiger partial charge on any atom is 0.275 e. The summed E-state index contributed by atoms with van der Waals surface area (Å²) in [6.07, 6.45) is 5.13. The van der Waals surface area contributed by atoms with Gasteiger partial charge in [0.25, 0.3) is 5.91 Å². The Morgan fingerprint density at radius 2 is 1.86 bits per heavy atom. The first kappa shape index (κ1) is 15.5. The molecular formula is C15H23N3O3. The van der Waals surface area contributed by atoms with Gasteiger partial charge in [0, 0.05) is 11.8 Å². The van der Waals surface area contributed by atoms with Crippen LogP contribution in [-0.4, -0.2) is 17.0 Å². The van der Waals surface area contributed by atoms with Crippen molar-refractivity contribution in [2.75, 3.05) is 0 Å². The van der Waals surface area contributed by atoms with Gasteiger partial charge in [-0.25, -0.2) is 0 Å². The smallest absolute Gasteiger partial charge is 0.275 e. The van der Waals surface area contributed by atoms with E-state index in [2.05, 4.69) is 16.0 Å². The van der Waals surface area contributed by atoms with Crippen molar-refractivity contribution in [3.8, 4) is 0 Å². The largest absolute Gasteiger partial charge is 0.360 e. The van der Waals surface area contributed by atoms with Crippen LogP contribution in [0, 0.1) is 12.8 Å². The fourth-order valence-electron chi connectivity index (χ4n) is 2.71. The molecule has 0 radical (unpaired) electrons. The van der Waals surface area contributed by atoms with Gasteiger partial charge in [-0.15, -0.1) is 0 Å². The maximum absolute atomic E-state index is 12.2. The monoisotopic (exact) mass is 293 g/mol. The van der Waals surface area contributed by atoms with E-state index in [0.717, 1.165) is 25.7 Å². The minimum Gasteiger partial charge on any atom is -0.360 e. The number of carbonyl (C=O) groups is 2. The van der Waals surface area contributed by atoms with Gasteiger partial charge in [0.05, 0.1) is 5.69 Å². The first-order chi connectivity index (χ1) is 10.0. The van der Waals surface area contributed by atoms with E-state index in [9.17, 15) is 9.59 Å². The molecule has 1 aliphatic carbocycles. The highest BCUT2D eigenvalue weighted by atomic mass is 16.5. The number of aryl methyl sites for hydroxylation is 1. The quantitative estimate of drug-likeness (QED) is 0.838. The molecule has 116 valence electrons. The number of carbonyl (C=O) groups excluding carboxylic acids is 2. The first-order valence-corrected chi connectivity index (χ1v) is 7.57. The van der Waals surface area contributed by atoms with Crippen molar-refractivity contribution in [3.05, 3.63) is 17.0 Å². The molecule has 2 amide bonds.